The van der Waals surface area contributed by atoms with Crippen LogP contribution in [0.2, 0.25) is 0 Å². The number of anilines is 1. The van der Waals surface area contributed by atoms with E-state index in [1.165, 1.54) is 5.56 Å². The van der Waals surface area contributed by atoms with E-state index >= 15 is 0 Å². The van der Waals surface area contributed by atoms with Gasteiger partial charge in [0.2, 0.25) is 5.91 Å². The molecule has 2 heterocycles. The van der Waals surface area contributed by atoms with Crippen molar-refractivity contribution in [2.24, 2.45) is 0 Å². The molecule has 2 aromatic carbocycles. The predicted molar refractivity (Wildman–Crippen MR) is 100.0 cm³/mol. The molecule has 0 aliphatic carbocycles. The summed E-state index contributed by atoms with van der Waals surface area (Å²) >= 11 is 0. The summed E-state index contributed by atoms with van der Waals surface area (Å²) < 4.78 is 5.37. The maximum absolute atomic E-state index is 12.5. The van der Waals surface area contributed by atoms with Crippen molar-refractivity contribution in [3.8, 4) is 17.5 Å². The summed E-state index contributed by atoms with van der Waals surface area (Å²) in [6, 6.07) is 17.2. The number of carbonyl (C=O) groups excluding carboxylic acids is 1. The summed E-state index contributed by atoms with van der Waals surface area (Å²) in [4.78, 5) is 18.7. The molecule has 1 atom stereocenters. The van der Waals surface area contributed by atoms with Crippen LogP contribution in [0.1, 0.15) is 36.2 Å². The monoisotopic (exact) mass is 358 g/mol. The van der Waals surface area contributed by atoms with Crippen molar-refractivity contribution in [3.05, 3.63) is 65.5 Å². The summed E-state index contributed by atoms with van der Waals surface area (Å²) in [6.07, 6.45) is 1.32. The van der Waals surface area contributed by atoms with Gasteiger partial charge in [-0.3, -0.25) is 4.79 Å². The van der Waals surface area contributed by atoms with Gasteiger partial charge in [0.05, 0.1) is 11.6 Å². The van der Waals surface area contributed by atoms with Gasteiger partial charge in [0.1, 0.15) is 0 Å². The van der Waals surface area contributed by atoms with Crippen molar-refractivity contribution in [3.63, 3.8) is 0 Å². The SMILES string of the molecule is CCc1ccc(N2CC(c3noc(-c4cccc(C#N)c4)n3)CC2=O)cc1. The number of benzene rings is 2. The maximum atomic E-state index is 12.5. The Morgan fingerprint density at radius 2 is 2.07 bits per heavy atom. The van der Waals surface area contributed by atoms with E-state index in [4.69, 9.17) is 9.78 Å². The van der Waals surface area contributed by atoms with Crippen LogP contribution in [-0.2, 0) is 11.2 Å². The average molecular weight is 358 g/mol. The van der Waals surface area contributed by atoms with Crippen LogP contribution in [0.15, 0.2) is 53.1 Å². The fourth-order valence-corrected chi connectivity index (χ4v) is 3.28. The standard InChI is InChI=1S/C21H18N4O2/c1-2-14-6-8-18(9-7-14)25-13-17(11-19(25)26)20-23-21(27-24-20)16-5-3-4-15(10-16)12-22/h3-10,17H,2,11,13H2,1H3. The van der Waals surface area contributed by atoms with Crippen molar-refractivity contribution < 1.29 is 9.32 Å². The first kappa shape index (κ1) is 17.0. The molecular weight excluding hydrogens is 340 g/mol. The molecule has 0 bridgehead atoms. The molecule has 1 unspecified atom stereocenters. The minimum atomic E-state index is -0.111. The largest absolute Gasteiger partial charge is 0.334 e. The Kier molecular flexibility index (Phi) is 4.43. The van der Waals surface area contributed by atoms with Crippen LogP contribution < -0.4 is 4.90 Å². The molecule has 6 heteroatoms. The molecule has 134 valence electrons. The highest BCUT2D eigenvalue weighted by molar-refractivity contribution is 5.96. The van der Waals surface area contributed by atoms with Gasteiger partial charge in [0, 0.05) is 30.1 Å². The molecule has 1 aromatic heterocycles. The molecule has 1 amide bonds. The third-order valence-electron chi connectivity index (χ3n) is 4.83. The number of amides is 1. The summed E-state index contributed by atoms with van der Waals surface area (Å²) in [7, 11) is 0. The summed E-state index contributed by atoms with van der Waals surface area (Å²) in [5.74, 6) is 0.829. The second-order valence-electron chi connectivity index (χ2n) is 6.58. The molecule has 0 saturated carbocycles. The predicted octanol–water partition coefficient (Wildman–Crippen LogP) is 3.69. The molecule has 1 saturated heterocycles. The molecule has 1 aliphatic rings. The van der Waals surface area contributed by atoms with Gasteiger partial charge >= 0.3 is 0 Å². The second-order valence-corrected chi connectivity index (χ2v) is 6.58. The van der Waals surface area contributed by atoms with Gasteiger partial charge in [-0.2, -0.15) is 10.2 Å². The number of hydrogen-bond donors (Lipinski definition) is 0. The maximum Gasteiger partial charge on any atom is 0.257 e. The highest BCUT2D eigenvalue weighted by Crippen LogP contribution is 2.31. The van der Waals surface area contributed by atoms with E-state index in [2.05, 4.69) is 23.1 Å². The number of nitrogens with zero attached hydrogens (tertiary/aromatic N) is 4. The minimum Gasteiger partial charge on any atom is -0.334 e. The molecule has 1 fully saturated rings. The first-order valence-electron chi connectivity index (χ1n) is 8.91. The van der Waals surface area contributed by atoms with Gasteiger partial charge in [-0.25, -0.2) is 0 Å². The van der Waals surface area contributed by atoms with Crippen molar-refractivity contribution in [2.75, 3.05) is 11.4 Å². The molecule has 6 nitrogen and oxygen atoms in total. The highest BCUT2D eigenvalue weighted by atomic mass is 16.5. The fourth-order valence-electron chi connectivity index (χ4n) is 3.28. The number of hydrogen-bond acceptors (Lipinski definition) is 5. The van der Waals surface area contributed by atoms with Crippen LogP contribution in [-0.4, -0.2) is 22.6 Å². The van der Waals surface area contributed by atoms with E-state index in [9.17, 15) is 4.79 Å². The van der Waals surface area contributed by atoms with Crippen LogP contribution in [0.4, 0.5) is 5.69 Å². The molecule has 3 aromatic rings. The highest BCUT2D eigenvalue weighted by Gasteiger charge is 2.34. The van der Waals surface area contributed by atoms with Gasteiger partial charge < -0.3 is 9.42 Å². The third kappa shape index (κ3) is 3.32. The van der Waals surface area contributed by atoms with Gasteiger partial charge in [-0.15, -0.1) is 0 Å². The average Bonchev–Trinajstić information content (AvgIpc) is 3.35. The van der Waals surface area contributed by atoms with Crippen molar-refractivity contribution in [2.45, 2.75) is 25.7 Å². The van der Waals surface area contributed by atoms with E-state index in [0.29, 0.717) is 35.8 Å². The Balaban J connectivity index is 1.54. The Morgan fingerprint density at radius 1 is 1.26 bits per heavy atom. The quantitative estimate of drug-likeness (QED) is 0.710. The summed E-state index contributed by atoms with van der Waals surface area (Å²) in [5.41, 5.74) is 3.36. The first-order valence-corrected chi connectivity index (χ1v) is 8.91. The third-order valence-corrected chi connectivity index (χ3v) is 4.83. The van der Waals surface area contributed by atoms with Crippen molar-refractivity contribution in [1.29, 1.82) is 5.26 Å². The smallest absolute Gasteiger partial charge is 0.257 e. The Bertz CT molecular complexity index is 1020. The zero-order valence-electron chi connectivity index (χ0n) is 14.9. The van der Waals surface area contributed by atoms with Crippen LogP contribution >= 0.6 is 0 Å². The lowest BCUT2D eigenvalue weighted by atomic mass is 10.1. The van der Waals surface area contributed by atoms with E-state index in [-0.39, 0.29) is 11.8 Å². The molecular formula is C21H18N4O2. The topological polar surface area (TPSA) is 83.0 Å². The van der Waals surface area contributed by atoms with Crippen LogP contribution in [0, 0.1) is 11.3 Å². The lowest BCUT2D eigenvalue weighted by Gasteiger charge is -2.16. The molecule has 0 spiro atoms. The Morgan fingerprint density at radius 3 is 2.81 bits per heavy atom. The zero-order valence-corrected chi connectivity index (χ0v) is 14.9. The zero-order chi connectivity index (χ0) is 18.8. The van der Waals surface area contributed by atoms with Crippen LogP contribution in [0.3, 0.4) is 0 Å². The van der Waals surface area contributed by atoms with Gasteiger partial charge in [-0.1, -0.05) is 30.3 Å². The van der Waals surface area contributed by atoms with E-state index in [1.54, 1.807) is 23.1 Å². The molecule has 4 rings (SSSR count). The van der Waals surface area contributed by atoms with Gasteiger partial charge in [-0.05, 0) is 42.3 Å². The van der Waals surface area contributed by atoms with Gasteiger partial charge in [0.15, 0.2) is 5.82 Å². The number of carbonyl (C=O) groups is 1. The normalized spacial score (nSPS) is 16.5. The van der Waals surface area contributed by atoms with Crippen LogP contribution in [0.5, 0.6) is 0 Å². The first-order chi connectivity index (χ1) is 13.2. The summed E-state index contributed by atoms with van der Waals surface area (Å²) in [6.45, 7) is 2.63. The summed E-state index contributed by atoms with van der Waals surface area (Å²) in [5, 5.41) is 13.1. The molecule has 0 N–H and O–H groups in total. The van der Waals surface area contributed by atoms with E-state index in [0.717, 1.165) is 12.1 Å². The number of aromatic nitrogens is 2. The lowest BCUT2D eigenvalue weighted by molar-refractivity contribution is -0.117. The molecule has 0 radical (unpaired) electrons. The van der Waals surface area contributed by atoms with Gasteiger partial charge in [0.25, 0.3) is 5.89 Å². The van der Waals surface area contributed by atoms with Crippen LogP contribution in [0.25, 0.3) is 11.5 Å². The fraction of sp³-hybridized carbons (Fsp3) is 0.238. The van der Waals surface area contributed by atoms with E-state index in [1.807, 2.05) is 30.3 Å². The Labute approximate surface area is 157 Å². The number of aryl methyl sites for hydroxylation is 1. The molecule has 1 aliphatic heterocycles. The second kappa shape index (κ2) is 7.04. The van der Waals surface area contributed by atoms with Crippen molar-refractivity contribution in [1.82, 2.24) is 10.1 Å². The van der Waals surface area contributed by atoms with Crippen molar-refractivity contribution >= 4 is 11.6 Å². The minimum absolute atomic E-state index is 0.0575. The molecule has 27 heavy (non-hydrogen) atoms. The number of nitriles is 1. The Hall–Kier alpha value is -3.46. The lowest BCUT2D eigenvalue weighted by Crippen LogP contribution is -2.24. The number of rotatable bonds is 4. The van der Waals surface area contributed by atoms with E-state index < -0.39 is 0 Å².